The number of aromatic amines is 1. The minimum Gasteiger partial charge on any atom is -0.361 e. The fraction of sp³-hybridized carbons (Fsp3) is 0.316. The number of carbonyl (C=O) groups is 1. The summed E-state index contributed by atoms with van der Waals surface area (Å²) in [5, 5.41) is 9.26. The lowest BCUT2D eigenvalue weighted by Gasteiger charge is -2.22. The zero-order valence-electron chi connectivity index (χ0n) is 14.1. The van der Waals surface area contributed by atoms with Crippen LogP contribution < -0.4 is 4.90 Å². The quantitative estimate of drug-likeness (QED) is 0.797. The van der Waals surface area contributed by atoms with Crippen LogP contribution in [0.25, 0.3) is 10.9 Å². The van der Waals surface area contributed by atoms with Crippen molar-refractivity contribution in [1.29, 1.82) is 0 Å². The first-order valence-corrected chi connectivity index (χ1v) is 8.67. The molecule has 0 radical (unpaired) electrons. The van der Waals surface area contributed by atoms with E-state index in [0.717, 1.165) is 54.9 Å². The lowest BCUT2D eigenvalue weighted by Crippen LogP contribution is -2.36. The summed E-state index contributed by atoms with van der Waals surface area (Å²) in [5.41, 5.74) is 2.14. The predicted octanol–water partition coefficient (Wildman–Crippen LogP) is 2.24. The van der Waals surface area contributed by atoms with Gasteiger partial charge >= 0.3 is 0 Å². The molecule has 0 bridgehead atoms. The second-order valence-corrected chi connectivity index (χ2v) is 6.34. The van der Waals surface area contributed by atoms with Gasteiger partial charge in [0.25, 0.3) is 0 Å². The van der Waals surface area contributed by atoms with Crippen LogP contribution in [0.3, 0.4) is 0 Å². The number of para-hydroxylation sites is 1. The molecule has 0 spiro atoms. The van der Waals surface area contributed by atoms with Gasteiger partial charge in [-0.05, 0) is 30.2 Å². The van der Waals surface area contributed by atoms with E-state index in [1.807, 2.05) is 41.4 Å². The van der Waals surface area contributed by atoms with E-state index in [9.17, 15) is 4.79 Å². The Morgan fingerprint density at radius 2 is 2.00 bits per heavy atom. The Labute approximate surface area is 146 Å². The fourth-order valence-corrected chi connectivity index (χ4v) is 3.41. The van der Waals surface area contributed by atoms with Crippen LogP contribution in [0, 0.1) is 0 Å². The van der Waals surface area contributed by atoms with Gasteiger partial charge in [-0.25, -0.2) is 0 Å². The zero-order chi connectivity index (χ0) is 17.1. The number of anilines is 1. The number of nitrogens with zero attached hydrogens (tertiary/aromatic N) is 4. The molecule has 1 aromatic carbocycles. The molecular formula is C19H21N5O. The Morgan fingerprint density at radius 3 is 2.88 bits per heavy atom. The smallest absolute Gasteiger partial charge is 0.227 e. The van der Waals surface area contributed by atoms with Gasteiger partial charge in [-0.2, -0.15) is 5.10 Å². The van der Waals surface area contributed by atoms with Gasteiger partial charge < -0.3 is 14.8 Å². The Balaban J connectivity index is 1.43. The SMILES string of the molecule is O=C(Cc1c[nH]c2ccccc12)N1CCCN(c2cccnn2)CC1. The number of aromatic nitrogens is 3. The standard InChI is InChI=1S/C19H21N5O/c25-19(13-15-14-20-17-6-2-1-5-16(15)17)24-10-4-9-23(11-12-24)18-7-3-8-21-22-18/h1-3,5-8,14,20H,4,9-13H2. The molecule has 1 N–H and O–H groups in total. The molecule has 6 nitrogen and oxygen atoms in total. The molecule has 128 valence electrons. The van der Waals surface area contributed by atoms with E-state index in [0.29, 0.717) is 6.42 Å². The van der Waals surface area contributed by atoms with Crippen molar-refractivity contribution in [3.05, 3.63) is 54.4 Å². The van der Waals surface area contributed by atoms with Gasteiger partial charge in [0.2, 0.25) is 5.91 Å². The minimum absolute atomic E-state index is 0.186. The first-order valence-electron chi connectivity index (χ1n) is 8.67. The third-order valence-corrected chi connectivity index (χ3v) is 4.75. The van der Waals surface area contributed by atoms with E-state index in [1.165, 1.54) is 0 Å². The van der Waals surface area contributed by atoms with Crippen molar-refractivity contribution in [2.75, 3.05) is 31.1 Å². The van der Waals surface area contributed by atoms with Crippen LogP contribution in [0.4, 0.5) is 5.82 Å². The van der Waals surface area contributed by atoms with Crippen LogP contribution >= 0.6 is 0 Å². The van der Waals surface area contributed by atoms with Crippen molar-refractivity contribution in [3.63, 3.8) is 0 Å². The second-order valence-electron chi connectivity index (χ2n) is 6.34. The topological polar surface area (TPSA) is 65.1 Å². The molecule has 1 saturated heterocycles. The molecule has 2 aromatic heterocycles. The van der Waals surface area contributed by atoms with Crippen LogP contribution in [0.5, 0.6) is 0 Å². The molecule has 3 aromatic rings. The van der Waals surface area contributed by atoms with Gasteiger partial charge in [0, 0.05) is 49.5 Å². The molecule has 1 fully saturated rings. The average Bonchev–Trinajstić information content (AvgIpc) is 2.90. The maximum atomic E-state index is 12.8. The summed E-state index contributed by atoms with van der Waals surface area (Å²) in [6.45, 7) is 3.20. The number of nitrogens with one attached hydrogen (secondary N) is 1. The van der Waals surface area contributed by atoms with Crippen molar-refractivity contribution in [3.8, 4) is 0 Å². The van der Waals surface area contributed by atoms with Gasteiger partial charge in [0.1, 0.15) is 0 Å². The summed E-state index contributed by atoms with van der Waals surface area (Å²) in [6, 6.07) is 12.0. The highest BCUT2D eigenvalue weighted by Gasteiger charge is 2.21. The number of H-pyrrole nitrogens is 1. The summed E-state index contributed by atoms with van der Waals surface area (Å²) in [5.74, 6) is 1.07. The van der Waals surface area contributed by atoms with E-state index in [2.05, 4.69) is 26.1 Å². The van der Waals surface area contributed by atoms with Gasteiger partial charge in [0.15, 0.2) is 5.82 Å². The summed E-state index contributed by atoms with van der Waals surface area (Å²) in [6.07, 6.45) is 5.01. The first-order chi connectivity index (χ1) is 12.3. The minimum atomic E-state index is 0.186. The molecule has 0 unspecified atom stereocenters. The van der Waals surface area contributed by atoms with E-state index >= 15 is 0 Å². The third-order valence-electron chi connectivity index (χ3n) is 4.75. The maximum Gasteiger partial charge on any atom is 0.227 e. The number of benzene rings is 1. The molecule has 6 heteroatoms. The summed E-state index contributed by atoms with van der Waals surface area (Å²) < 4.78 is 0. The van der Waals surface area contributed by atoms with Gasteiger partial charge in [-0.3, -0.25) is 4.79 Å². The largest absolute Gasteiger partial charge is 0.361 e. The Hall–Kier alpha value is -2.89. The molecule has 1 aliphatic rings. The zero-order valence-corrected chi connectivity index (χ0v) is 14.1. The van der Waals surface area contributed by atoms with Crippen LogP contribution in [-0.2, 0) is 11.2 Å². The number of rotatable bonds is 3. The van der Waals surface area contributed by atoms with Crippen molar-refractivity contribution < 1.29 is 4.79 Å². The second kappa shape index (κ2) is 6.93. The normalized spacial score (nSPS) is 15.4. The van der Waals surface area contributed by atoms with Crippen molar-refractivity contribution in [2.24, 2.45) is 0 Å². The Morgan fingerprint density at radius 1 is 1.08 bits per heavy atom. The molecule has 3 heterocycles. The van der Waals surface area contributed by atoms with Crippen LogP contribution in [0.1, 0.15) is 12.0 Å². The van der Waals surface area contributed by atoms with Crippen LogP contribution in [0.15, 0.2) is 48.8 Å². The van der Waals surface area contributed by atoms with Gasteiger partial charge in [-0.1, -0.05) is 18.2 Å². The predicted molar refractivity (Wildman–Crippen MR) is 97.4 cm³/mol. The maximum absolute atomic E-state index is 12.8. The fourth-order valence-electron chi connectivity index (χ4n) is 3.41. The highest BCUT2D eigenvalue weighted by molar-refractivity contribution is 5.88. The highest BCUT2D eigenvalue weighted by Crippen LogP contribution is 2.19. The van der Waals surface area contributed by atoms with Crippen molar-refractivity contribution >= 4 is 22.6 Å². The summed E-state index contributed by atoms with van der Waals surface area (Å²) in [7, 11) is 0. The number of hydrogen-bond acceptors (Lipinski definition) is 4. The lowest BCUT2D eigenvalue weighted by atomic mass is 10.1. The van der Waals surface area contributed by atoms with E-state index in [4.69, 9.17) is 0 Å². The number of fused-ring (bicyclic) bond motifs is 1. The molecule has 25 heavy (non-hydrogen) atoms. The Kier molecular flexibility index (Phi) is 4.33. The monoisotopic (exact) mass is 335 g/mol. The van der Waals surface area contributed by atoms with Crippen LogP contribution in [-0.4, -0.2) is 52.2 Å². The van der Waals surface area contributed by atoms with Gasteiger partial charge in [0.05, 0.1) is 6.42 Å². The van der Waals surface area contributed by atoms with E-state index < -0.39 is 0 Å². The molecule has 0 aliphatic carbocycles. The molecule has 4 rings (SSSR count). The van der Waals surface area contributed by atoms with Crippen molar-refractivity contribution in [1.82, 2.24) is 20.1 Å². The molecular weight excluding hydrogens is 314 g/mol. The van der Waals surface area contributed by atoms with Crippen molar-refractivity contribution in [2.45, 2.75) is 12.8 Å². The number of hydrogen-bond donors (Lipinski definition) is 1. The molecule has 0 atom stereocenters. The van der Waals surface area contributed by atoms with E-state index in [1.54, 1.807) is 6.20 Å². The highest BCUT2D eigenvalue weighted by atomic mass is 16.2. The molecule has 1 amide bonds. The van der Waals surface area contributed by atoms with Gasteiger partial charge in [-0.15, -0.1) is 5.10 Å². The Bertz CT molecular complexity index is 860. The van der Waals surface area contributed by atoms with Crippen LogP contribution in [0.2, 0.25) is 0 Å². The molecule has 1 aliphatic heterocycles. The van der Waals surface area contributed by atoms with E-state index in [-0.39, 0.29) is 5.91 Å². The lowest BCUT2D eigenvalue weighted by molar-refractivity contribution is -0.130. The third kappa shape index (κ3) is 3.33. The first kappa shape index (κ1) is 15.6. The average molecular weight is 335 g/mol. The molecule has 0 saturated carbocycles. The summed E-state index contributed by atoms with van der Waals surface area (Å²) >= 11 is 0. The number of amides is 1. The summed E-state index contributed by atoms with van der Waals surface area (Å²) in [4.78, 5) is 20.2. The number of carbonyl (C=O) groups excluding carboxylic acids is 1.